The van der Waals surface area contributed by atoms with Gasteiger partial charge in [0, 0.05) is 22.8 Å². The van der Waals surface area contributed by atoms with Crippen LogP contribution in [-0.4, -0.2) is 44.7 Å². The summed E-state index contributed by atoms with van der Waals surface area (Å²) in [5.74, 6) is -0.969. The number of carboxylic acid groups (broad SMARTS) is 1. The quantitative estimate of drug-likeness (QED) is 0.835. The fourth-order valence-corrected chi connectivity index (χ4v) is 2.25. The van der Waals surface area contributed by atoms with Gasteiger partial charge in [-0.25, -0.2) is 0 Å². The normalized spacial score (nSPS) is 11.1. The zero-order valence-corrected chi connectivity index (χ0v) is 12.1. The number of carboxylic acids is 1. The van der Waals surface area contributed by atoms with Crippen molar-refractivity contribution in [2.24, 2.45) is 0 Å². The molecule has 0 aliphatic rings. The zero-order valence-electron chi connectivity index (χ0n) is 11.3. The Labute approximate surface area is 117 Å². The fourth-order valence-electron chi connectivity index (χ4n) is 1.49. The summed E-state index contributed by atoms with van der Waals surface area (Å²) in [6.07, 6.45) is 3.32. The molecule has 0 fully saturated rings. The van der Waals surface area contributed by atoms with Crippen LogP contribution in [0.5, 0.6) is 0 Å². The molecule has 0 aliphatic heterocycles. The summed E-state index contributed by atoms with van der Waals surface area (Å²) < 4.78 is 0. The summed E-state index contributed by atoms with van der Waals surface area (Å²) in [5.41, 5.74) is -0.506. The van der Waals surface area contributed by atoms with Gasteiger partial charge >= 0.3 is 5.97 Å². The third kappa shape index (κ3) is 5.30. The molecule has 6 heteroatoms. The number of carbonyl (C=O) groups excluding carboxylic acids is 1. The van der Waals surface area contributed by atoms with Gasteiger partial charge in [0.05, 0.1) is 5.75 Å². The molecule has 0 bridgehead atoms. The molecule has 0 atom stereocenters. The molecule has 0 unspecified atom stereocenters. The van der Waals surface area contributed by atoms with Gasteiger partial charge in [-0.3, -0.25) is 14.6 Å². The molecular formula is C13H18N2O3S. The Morgan fingerprint density at radius 3 is 2.37 bits per heavy atom. The third-order valence-electron chi connectivity index (χ3n) is 2.42. The van der Waals surface area contributed by atoms with Crippen molar-refractivity contribution in [2.75, 3.05) is 12.3 Å². The highest BCUT2D eigenvalue weighted by Gasteiger charge is 2.28. The molecule has 0 aromatic carbocycles. The number of aliphatic carboxylic acids is 1. The van der Waals surface area contributed by atoms with Gasteiger partial charge in [0.2, 0.25) is 5.91 Å². The van der Waals surface area contributed by atoms with E-state index in [9.17, 15) is 9.59 Å². The highest BCUT2D eigenvalue weighted by Crippen LogP contribution is 2.20. The second kappa shape index (κ2) is 6.56. The minimum absolute atomic E-state index is 0.184. The van der Waals surface area contributed by atoms with E-state index in [4.69, 9.17) is 5.11 Å². The molecule has 1 aromatic heterocycles. The van der Waals surface area contributed by atoms with Crippen molar-refractivity contribution in [2.45, 2.75) is 31.2 Å². The lowest BCUT2D eigenvalue weighted by atomic mass is 10.1. The van der Waals surface area contributed by atoms with Crippen molar-refractivity contribution >= 4 is 23.6 Å². The van der Waals surface area contributed by atoms with Gasteiger partial charge in [0.1, 0.15) is 6.54 Å². The monoisotopic (exact) mass is 282 g/mol. The smallest absolute Gasteiger partial charge is 0.323 e. The topological polar surface area (TPSA) is 70.5 Å². The first-order valence-electron chi connectivity index (χ1n) is 5.86. The number of aromatic nitrogens is 1. The molecular weight excluding hydrogens is 264 g/mol. The van der Waals surface area contributed by atoms with Gasteiger partial charge in [0.25, 0.3) is 0 Å². The summed E-state index contributed by atoms with van der Waals surface area (Å²) in [5, 5.41) is 8.87. The lowest BCUT2D eigenvalue weighted by Crippen LogP contribution is -2.49. The Hall–Kier alpha value is -1.56. The van der Waals surface area contributed by atoms with E-state index in [1.165, 1.54) is 16.7 Å². The van der Waals surface area contributed by atoms with Crippen LogP contribution in [0.2, 0.25) is 0 Å². The predicted octanol–water partition coefficient (Wildman–Crippen LogP) is 1.89. The van der Waals surface area contributed by atoms with Crippen LogP contribution in [0.1, 0.15) is 20.8 Å². The van der Waals surface area contributed by atoms with Gasteiger partial charge in [0.15, 0.2) is 0 Å². The van der Waals surface area contributed by atoms with Gasteiger partial charge in [-0.2, -0.15) is 0 Å². The predicted molar refractivity (Wildman–Crippen MR) is 74.1 cm³/mol. The summed E-state index contributed by atoms with van der Waals surface area (Å²) >= 11 is 1.38. The molecule has 1 aromatic rings. The van der Waals surface area contributed by atoms with Crippen LogP contribution >= 0.6 is 11.8 Å². The van der Waals surface area contributed by atoms with Crippen LogP contribution in [0, 0.1) is 0 Å². The average molecular weight is 282 g/mol. The van der Waals surface area contributed by atoms with Crippen molar-refractivity contribution in [3.63, 3.8) is 0 Å². The number of pyridine rings is 1. The number of hydrogen-bond acceptors (Lipinski definition) is 4. The summed E-state index contributed by atoms with van der Waals surface area (Å²) in [4.78, 5) is 29.2. The minimum Gasteiger partial charge on any atom is -0.480 e. The van der Waals surface area contributed by atoms with Gasteiger partial charge in [-0.05, 0) is 32.9 Å². The van der Waals surface area contributed by atoms with E-state index in [0.29, 0.717) is 0 Å². The molecule has 0 radical (unpaired) electrons. The zero-order chi connectivity index (χ0) is 14.5. The molecule has 1 heterocycles. The molecule has 104 valence electrons. The van der Waals surface area contributed by atoms with Gasteiger partial charge in [-0.15, -0.1) is 11.8 Å². The first-order chi connectivity index (χ1) is 8.80. The standard InChI is InChI=1S/C13H18N2O3S/c1-13(2,3)15(8-12(17)18)11(16)9-19-10-4-6-14-7-5-10/h4-7H,8-9H2,1-3H3,(H,17,18). The van der Waals surface area contributed by atoms with E-state index >= 15 is 0 Å². The lowest BCUT2D eigenvalue weighted by molar-refractivity contribution is -0.146. The maximum Gasteiger partial charge on any atom is 0.323 e. The molecule has 0 saturated carbocycles. The number of carbonyl (C=O) groups is 2. The van der Waals surface area contributed by atoms with Crippen molar-refractivity contribution < 1.29 is 14.7 Å². The Morgan fingerprint density at radius 1 is 1.32 bits per heavy atom. The SMILES string of the molecule is CC(C)(C)N(CC(=O)O)C(=O)CSc1ccncc1. The number of thioether (sulfide) groups is 1. The number of amides is 1. The minimum atomic E-state index is -1.00. The fraction of sp³-hybridized carbons (Fsp3) is 0.462. The molecule has 0 aliphatic carbocycles. The molecule has 1 rings (SSSR count). The largest absolute Gasteiger partial charge is 0.480 e. The van der Waals surface area contributed by atoms with Crippen molar-refractivity contribution in [3.8, 4) is 0 Å². The van der Waals surface area contributed by atoms with E-state index in [0.717, 1.165) is 4.90 Å². The second-order valence-electron chi connectivity index (χ2n) is 5.02. The highest BCUT2D eigenvalue weighted by molar-refractivity contribution is 8.00. The first-order valence-corrected chi connectivity index (χ1v) is 6.84. The van der Waals surface area contributed by atoms with Crippen LogP contribution in [0.25, 0.3) is 0 Å². The first kappa shape index (κ1) is 15.5. The van der Waals surface area contributed by atoms with E-state index < -0.39 is 11.5 Å². The van der Waals surface area contributed by atoms with Crippen molar-refractivity contribution in [1.82, 2.24) is 9.88 Å². The maximum atomic E-state index is 12.1. The second-order valence-corrected chi connectivity index (χ2v) is 6.06. The van der Waals surface area contributed by atoms with Crippen LogP contribution in [0.4, 0.5) is 0 Å². The van der Waals surface area contributed by atoms with E-state index in [2.05, 4.69) is 4.98 Å². The van der Waals surface area contributed by atoms with E-state index in [1.54, 1.807) is 12.4 Å². The molecule has 0 spiro atoms. The van der Waals surface area contributed by atoms with Crippen molar-refractivity contribution in [3.05, 3.63) is 24.5 Å². The van der Waals surface area contributed by atoms with E-state index in [-0.39, 0.29) is 18.2 Å². The number of hydrogen-bond donors (Lipinski definition) is 1. The Morgan fingerprint density at radius 2 is 1.89 bits per heavy atom. The summed E-state index contributed by atoms with van der Waals surface area (Å²) in [6, 6.07) is 3.63. The van der Waals surface area contributed by atoms with Crippen LogP contribution in [-0.2, 0) is 9.59 Å². The molecule has 1 amide bonds. The maximum absolute atomic E-state index is 12.1. The number of rotatable bonds is 5. The Balaban J connectivity index is 2.65. The Bertz CT molecular complexity index is 443. The average Bonchev–Trinajstić information content (AvgIpc) is 2.33. The molecule has 1 N–H and O–H groups in total. The Kier molecular flexibility index (Phi) is 5.35. The van der Waals surface area contributed by atoms with Crippen LogP contribution in [0.3, 0.4) is 0 Å². The van der Waals surface area contributed by atoms with Crippen LogP contribution < -0.4 is 0 Å². The van der Waals surface area contributed by atoms with Gasteiger partial charge in [-0.1, -0.05) is 0 Å². The van der Waals surface area contributed by atoms with E-state index in [1.807, 2.05) is 32.9 Å². The number of nitrogens with zero attached hydrogens (tertiary/aromatic N) is 2. The summed E-state index contributed by atoms with van der Waals surface area (Å²) in [7, 11) is 0. The molecule has 0 saturated heterocycles. The van der Waals surface area contributed by atoms with Crippen LogP contribution in [0.15, 0.2) is 29.4 Å². The highest BCUT2D eigenvalue weighted by atomic mass is 32.2. The third-order valence-corrected chi connectivity index (χ3v) is 3.41. The summed E-state index contributed by atoms with van der Waals surface area (Å²) in [6.45, 7) is 5.19. The van der Waals surface area contributed by atoms with Gasteiger partial charge < -0.3 is 10.0 Å². The lowest BCUT2D eigenvalue weighted by Gasteiger charge is -2.34. The molecule has 5 nitrogen and oxygen atoms in total. The molecule has 19 heavy (non-hydrogen) atoms. The van der Waals surface area contributed by atoms with Crippen molar-refractivity contribution in [1.29, 1.82) is 0 Å².